The van der Waals surface area contributed by atoms with Gasteiger partial charge in [-0.05, 0) is 47.5 Å². The van der Waals surface area contributed by atoms with Crippen molar-refractivity contribution >= 4 is 6.09 Å². The lowest BCUT2D eigenvalue weighted by molar-refractivity contribution is 0.0344. The normalized spacial score (nSPS) is 41.1. The number of ether oxygens (including phenoxy) is 1. The molecule has 2 bridgehead atoms. The van der Waals surface area contributed by atoms with Gasteiger partial charge in [-0.2, -0.15) is 0 Å². The smallest absolute Gasteiger partial charge is 0.412 e. The summed E-state index contributed by atoms with van der Waals surface area (Å²) in [6.45, 7) is 11.6. The molecule has 4 rings (SSSR count). The van der Waals surface area contributed by atoms with Crippen molar-refractivity contribution in [1.29, 1.82) is 0 Å². The van der Waals surface area contributed by atoms with E-state index < -0.39 is 0 Å². The summed E-state index contributed by atoms with van der Waals surface area (Å²) in [4.78, 5) is 12.3. The topological polar surface area (TPSA) is 38.3 Å². The number of alkyl carbamates (subject to hydrolysis) is 1. The predicted octanol–water partition coefficient (Wildman–Crippen LogP) is 4.70. The van der Waals surface area contributed by atoms with E-state index in [1.165, 1.54) is 17.6 Å². The van der Waals surface area contributed by atoms with Gasteiger partial charge in [-0.25, -0.2) is 4.79 Å². The van der Waals surface area contributed by atoms with Crippen LogP contribution in [0.25, 0.3) is 0 Å². The van der Waals surface area contributed by atoms with Gasteiger partial charge < -0.3 is 10.1 Å². The van der Waals surface area contributed by atoms with E-state index in [9.17, 15) is 4.79 Å². The summed E-state index contributed by atoms with van der Waals surface area (Å²) >= 11 is 0. The highest BCUT2D eigenvalue weighted by Gasteiger charge is 2.58. The molecule has 2 atom stereocenters. The maximum Gasteiger partial charge on any atom is 0.412 e. The fraction of sp³-hybridized carbons (Fsp3) is 0.737. The number of carbonyl (C=O) groups is 1. The van der Waals surface area contributed by atoms with Crippen molar-refractivity contribution in [2.45, 2.75) is 72.3 Å². The first kappa shape index (κ1) is 14.3. The molecule has 0 saturated heterocycles. The van der Waals surface area contributed by atoms with Gasteiger partial charge in [0, 0.05) is 12.0 Å². The standard InChI is InChI=1S/C19H27NO2/c1-16(2)6-12-7-18(5)9-17(3,4)10-19(11-18)14(12)13(8-16)22-15(21)20-19/h7H,6,8-11H2,1-5H3,(H,20,21)/t18-,19-/m1/s1. The summed E-state index contributed by atoms with van der Waals surface area (Å²) < 4.78 is 5.64. The number of hydrogen-bond donors (Lipinski definition) is 1. The second-order valence-electron chi connectivity index (χ2n) is 9.93. The van der Waals surface area contributed by atoms with Gasteiger partial charge >= 0.3 is 6.09 Å². The van der Waals surface area contributed by atoms with Crippen LogP contribution < -0.4 is 5.32 Å². The zero-order valence-corrected chi connectivity index (χ0v) is 14.4. The molecule has 120 valence electrons. The van der Waals surface area contributed by atoms with E-state index in [0.29, 0.717) is 0 Å². The summed E-state index contributed by atoms with van der Waals surface area (Å²) in [6.07, 6.45) is 7.42. The van der Waals surface area contributed by atoms with Gasteiger partial charge in [0.05, 0.1) is 5.54 Å². The van der Waals surface area contributed by atoms with Crippen LogP contribution in [0.2, 0.25) is 0 Å². The van der Waals surface area contributed by atoms with Crippen molar-refractivity contribution in [1.82, 2.24) is 5.32 Å². The highest BCUT2D eigenvalue weighted by Crippen LogP contribution is 2.62. The third-order valence-corrected chi connectivity index (χ3v) is 5.83. The van der Waals surface area contributed by atoms with E-state index in [1.54, 1.807) is 0 Å². The number of rotatable bonds is 0. The van der Waals surface area contributed by atoms with Crippen LogP contribution >= 0.6 is 0 Å². The fourth-order valence-electron chi connectivity index (χ4n) is 6.12. The molecular formula is C19H27NO2. The van der Waals surface area contributed by atoms with Crippen LogP contribution in [0.4, 0.5) is 4.79 Å². The molecule has 0 aromatic heterocycles. The summed E-state index contributed by atoms with van der Waals surface area (Å²) in [5, 5.41) is 3.24. The molecule has 3 aliphatic carbocycles. The Bertz CT molecular complexity index is 640. The Kier molecular flexibility index (Phi) is 2.48. The molecule has 0 aromatic rings. The zero-order valence-electron chi connectivity index (χ0n) is 14.4. The average molecular weight is 301 g/mol. The van der Waals surface area contributed by atoms with Gasteiger partial charge in [0.15, 0.2) is 0 Å². The largest absolute Gasteiger partial charge is 0.414 e. The van der Waals surface area contributed by atoms with E-state index in [-0.39, 0.29) is 27.9 Å². The molecule has 1 aliphatic heterocycles. The van der Waals surface area contributed by atoms with E-state index in [1.807, 2.05) is 0 Å². The minimum absolute atomic E-state index is 0.168. The van der Waals surface area contributed by atoms with E-state index in [4.69, 9.17) is 4.74 Å². The van der Waals surface area contributed by atoms with Gasteiger partial charge in [-0.15, -0.1) is 0 Å². The number of fused-ring (bicyclic) bond motifs is 1. The molecule has 1 saturated carbocycles. The first-order chi connectivity index (χ1) is 10.0. The molecule has 0 aromatic carbocycles. The van der Waals surface area contributed by atoms with Gasteiger partial charge in [-0.3, -0.25) is 0 Å². The van der Waals surface area contributed by atoms with Gasteiger partial charge in [0.2, 0.25) is 0 Å². The average Bonchev–Trinajstić information content (AvgIpc) is 2.18. The van der Waals surface area contributed by atoms with E-state index >= 15 is 0 Å². The van der Waals surface area contributed by atoms with Gasteiger partial charge in [-0.1, -0.05) is 40.7 Å². The summed E-state index contributed by atoms with van der Waals surface area (Å²) in [5.41, 5.74) is 3.10. The third-order valence-electron chi connectivity index (χ3n) is 5.83. The zero-order chi connectivity index (χ0) is 16.0. The Morgan fingerprint density at radius 3 is 2.45 bits per heavy atom. The Hall–Kier alpha value is -1.25. The second-order valence-corrected chi connectivity index (χ2v) is 9.93. The predicted molar refractivity (Wildman–Crippen MR) is 86.2 cm³/mol. The van der Waals surface area contributed by atoms with Crippen LogP contribution in [0.1, 0.15) is 66.7 Å². The molecule has 3 nitrogen and oxygen atoms in total. The SMILES string of the molecule is CC1(C)CC2=C[C@]3(C)CC(C)(C)C[C@]4(C3)NC(=O)OC(=C24)C1. The monoisotopic (exact) mass is 301 g/mol. The summed E-state index contributed by atoms with van der Waals surface area (Å²) in [6, 6.07) is 0. The Morgan fingerprint density at radius 1 is 1.00 bits per heavy atom. The van der Waals surface area contributed by atoms with Crippen LogP contribution in [-0.4, -0.2) is 11.6 Å². The minimum Gasteiger partial charge on any atom is -0.414 e. The van der Waals surface area contributed by atoms with Crippen molar-refractivity contribution in [3.05, 3.63) is 23.0 Å². The Labute approximate surface area is 133 Å². The van der Waals surface area contributed by atoms with Crippen LogP contribution in [0, 0.1) is 16.2 Å². The van der Waals surface area contributed by atoms with Gasteiger partial charge in [0.1, 0.15) is 5.76 Å². The van der Waals surface area contributed by atoms with Crippen molar-refractivity contribution in [2.75, 3.05) is 0 Å². The van der Waals surface area contributed by atoms with E-state index in [2.05, 4.69) is 46.0 Å². The lowest BCUT2D eigenvalue weighted by Gasteiger charge is -2.59. The highest BCUT2D eigenvalue weighted by molar-refractivity contribution is 5.75. The van der Waals surface area contributed by atoms with Crippen molar-refractivity contribution < 1.29 is 9.53 Å². The molecule has 0 radical (unpaired) electrons. The molecule has 3 heteroatoms. The molecule has 1 heterocycles. The van der Waals surface area contributed by atoms with Crippen LogP contribution in [0.15, 0.2) is 23.0 Å². The number of allylic oxidation sites excluding steroid dienone is 2. The highest BCUT2D eigenvalue weighted by atomic mass is 16.6. The number of hydrogen-bond acceptors (Lipinski definition) is 2. The molecule has 1 spiro atoms. The summed E-state index contributed by atoms with van der Waals surface area (Å²) in [7, 11) is 0. The maximum absolute atomic E-state index is 12.3. The van der Waals surface area contributed by atoms with Crippen molar-refractivity contribution in [2.24, 2.45) is 16.2 Å². The Morgan fingerprint density at radius 2 is 1.73 bits per heavy atom. The number of amides is 1. The molecule has 1 fully saturated rings. The lowest BCUT2D eigenvalue weighted by Crippen LogP contribution is -2.63. The third kappa shape index (κ3) is 1.97. The number of carbonyl (C=O) groups excluding carboxylic acids is 1. The second kappa shape index (κ2) is 3.80. The molecular weight excluding hydrogens is 274 g/mol. The van der Waals surface area contributed by atoms with Gasteiger partial charge in [0.25, 0.3) is 0 Å². The lowest BCUT2D eigenvalue weighted by atomic mass is 9.50. The molecule has 1 N–H and O–H groups in total. The fourth-order valence-corrected chi connectivity index (χ4v) is 6.12. The van der Waals surface area contributed by atoms with E-state index in [0.717, 1.165) is 31.4 Å². The summed E-state index contributed by atoms with van der Waals surface area (Å²) in [5.74, 6) is 0.936. The molecule has 4 aliphatic rings. The van der Waals surface area contributed by atoms with Crippen molar-refractivity contribution in [3.63, 3.8) is 0 Å². The van der Waals surface area contributed by atoms with Crippen LogP contribution in [0.3, 0.4) is 0 Å². The first-order valence-corrected chi connectivity index (χ1v) is 8.48. The molecule has 0 unspecified atom stereocenters. The number of nitrogens with one attached hydrogen (secondary N) is 1. The van der Waals surface area contributed by atoms with Crippen LogP contribution in [0.5, 0.6) is 0 Å². The quantitative estimate of drug-likeness (QED) is 0.704. The first-order valence-electron chi connectivity index (χ1n) is 8.48. The van der Waals surface area contributed by atoms with Crippen LogP contribution in [-0.2, 0) is 4.74 Å². The maximum atomic E-state index is 12.3. The van der Waals surface area contributed by atoms with Crippen molar-refractivity contribution in [3.8, 4) is 0 Å². The molecule has 1 amide bonds. The molecule has 22 heavy (non-hydrogen) atoms. The Balaban J connectivity index is 1.96. The minimum atomic E-state index is -0.252.